The first-order chi connectivity index (χ1) is 8.09. The van der Waals surface area contributed by atoms with Gasteiger partial charge in [0.1, 0.15) is 10.8 Å². The third-order valence-electron chi connectivity index (χ3n) is 1.75. The van der Waals surface area contributed by atoms with Crippen molar-refractivity contribution in [3.05, 3.63) is 43.6 Å². The molecule has 0 aliphatic rings. The van der Waals surface area contributed by atoms with E-state index in [1.165, 1.54) is 0 Å². The van der Waals surface area contributed by atoms with Gasteiger partial charge in [0, 0.05) is 0 Å². The molecule has 0 aliphatic heterocycles. The topological polar surface area (TPSA) is 52.1 Å². The Labute approximate surface area is 115 Å². The van der Waals surface area contributed by atoms with Crippen molar-refractivity contribution in [2.24, 2.45) is 0 Å². The van der Waals surface area contributed by atoms with Gasteiger partial charge >= 0.3 is 0 Å². The Morgan fingerprint density at radius 1 is 1.18 bits per heavy atom. The Balaban J connectivity index is 2.42. The molecule has 2 rings (SSSR count). The second-order valence-electron chi connectivity index (χ2n) is 2.84. The minimum absolute atomic E-state index is 0.181. The van der Waals surface area contributed by atoms with E-state index in [-0.39, 0.29) is 21.8 Å². The molecule has 8 heteroatoms. The number of rotatable bonds is 2. The fraction of sp³-hybridized carbons (Fsp3) is 0. The number of halogens is 3. The molecule has 2 aromatic rings. The number of aromatic nitrogens is 2. The third-order valence-corrected chi connectivity index (χ3v) is 3.42. The Morgan fingerprint density at radius 2 is 1.94 bits per heavy atom. The Morgan fingerprint density at radius 3 is 2.71 bits per heavy atom. The van der Waals surface area contributed by atoms with Crippen LogP contribution in [0.5, 0.6) is 11.6 Å². The molecule has 1 heterocycles. The van der Waals surface area contributed by atoms with Crippen LogP contribution < -0.4 is 10.2 Å². The van der Waals surface area contributed by atoms with Gasteiger partial charge in [-0.2, -0.15) is 4.37 Å². The highest BCUT2D eigenvalue weighted by molar-refractivity contribution is 6.99. The van der Waals surface area contributed by atoms with Gasteiger partial charge in [0.2, 0.25) is 0 Å². The van der Waals surface area contributed by atoms with Gasteiger partial charge in [0.25, 0.3) is 11.3 Å². The first-order valence-corrected chi connectivity index (χ1v) is 6.10. The summed E-state index contributed by atoms with van der Waals surface area (Å²) < 4.78 is 12.5. The van der Waals surface area contributed by atoms with Crippen LogP contribution in [-0.2, 0) is 0 Å². The van der Waals surface area contributed by atoms with E-state index in [4.69, 9.17) is 39.5 Å². The van der Waals surface area contributed by atoms with E-state index in [1.807, 2.05) is 0 Å². The summed E-state index contributed by atoms with van der Waals surface area (Å²) in [5.74, 6) is 0.0531. The molecule has 0 aliphatic carbocycles. The summed E-state index contributed by atoms with van der Waals surface area (Å²) in [5, 5.41) is 0.326. The predicted molar refractivity (Wildman–Crippen MR) is 67.7 cm³/mol. The molecule has 0 N–H and O–H groups in total. The largest absolute Gasteiger partial charge is 0.433 e. The third kappa shape index (κ3) is 2.69. The summed E-state index contributed by atoms with van der Waals surface area (Å²) >= 11 is 18.0. The molecule has 1 aromatic carbocycles. The number of hydrogen-bond acceptors (Lipinski definition) is 5. The molecule has 1 aromatic heterocycles. The van der Waals surface area contributed by atoms with Crippen molar-refractivity contribution in [3.8, 4) is 11.6 Å². The van der Waals surface area contributed by atoms with Crippen LogP contribution in [0.2, 0.25) is 15.2 Å². The molecule has 0 fully saturated rings. The van der Waals surface area contributed by atoms with Crippen LogP contribution in [0.1, 0.15) is 0 Å². The first kappa shape index (κ1) is 12.6. The summed E-state index contributed by atoms with van der Waals surface area (Å²) in [6.07, 6.45) is 0. The molecular formula is C9H3Cl3N2O2S. The van der Waals surface area contributed by atoms with Crippen LogP contribution in [0.4, 0.5) is 0 Å². The highest BCUT2D eigenvalue weighted by Crippen LogP contribution is 2.33. The molecule has 0 unspecified atom stereocenters. The summed E-state index contributed by atoms with van der Waals surface area (Å²) in [5.41, 5.74) is -0.596. The van der Waals surface area contributed by atoms with Gasteiger partial charge in [-0.1, -0.05) is 40.9 Å². The maximum Gasteiger partial charge on any atom is 0.283 e. The molecule has 0 atom stereocenters. The van der Waals surface area contributed by atoms with Crippen LogP contribution in [0.15, 0.2) is 23.0 Å². The van der Waals surface area contributed by atoms with Crippen LogP contribution in [0.3, 0.4) is 0 Å². The quantitative estimate of drug-likeness (QED) is 0.849. The van der Waals surface area contributed by atoms with Crippen molar-refractivity contribution in [2.45, 2.75) is 0 Å². The van der Waals surface area contributed by atoms with E-state index >= 15 is 0 Å². The molecule has 0 spiro atoms. The fourth-order valence-corrected chi connectivity index (χ4v) is 1.89. The van der Waals surface area contributed by atoms with Gasteiger partial charge in [-0.25, -0.2) is 0 Å². The smallest absolute Gasteiger partial charge is 0.283 e. The highest BCUT2D eigenvalue weighted by atomic mass is 35.5. The van der Waals surface area contributed by atoms with Gasteiger partial charge in [-0.3, -0.25) is 4.79 Å². The van der Waals surface area contributed by atoms with Crippen molar-refractivity contribution < 1.29 is 4.74 Å². The van der Waals surface area contributed by atoms with Crippen molar-refractivity contribution >= 4 is 46.5 Å². The molecular weight excluding hydrogens is 307 g/mol. The molecule has 0 saturated heterocycles. The zero-order valence-corrected chi connectivity index (χ0v) is 11.1. The van der Waals surface area contributed by atoms with Gasteiger partial charge in [0.15, 0.2) is 5.15 Å². The Bertz CT molecular complexity index is 617. The Hall–Kier alpha value is -0.880. The molecule has 0 bridgehead atoms. The average Bonchev–Trinajstić information content (AvgIpc) is 2.31. The minimum Gasteiger partial charge on any atom is -0.433 e. The van der Waals surface area contributed by atoms with Crippen LogP contribution in [-0.4, -0.2) is 8.75 Å². The van der Waals surface area contributed by atoms with E-state index in [9.17, 15) is 4.79 Å². The van der Waals surface area contributed by atoms with E-state index in [0.29, 0.717) is 5.02 Å². The van der Waals surface area contributed by atoms with Crippen LogP contribution in [0.25, 0.3) is 0 Å². The summed E-state index contributed by atoms with van der Waals surface area (Å²) in [6, 6.07) is 4.80. The first-order valence-electron chi connectivity index (χ1n) is 4.24. The lowest BCUT2D eigenvalue weighted by atomic mass is 10.3. The molecule has 88 valence electrons. The van der Waals surface area contributed by atoms with Crippen LogP contribution >= 0.6 is 46.5 Å². The second kappa shape index (κ2) is 5.18. The lowest BCUT2D eigenvalue weighted by Crippen LogP contribution is -2.07. The molecule has 0 radical (unpaired) electrons. The molecule has 17 heavy (non-hydrogen) atoms. The number of hydrogen-bond donors (Lipinski definition) is 0. The SMILES string of the molecule is O=c1c(Cl)nsnc1Oc1cccc(Cl)c1Cl. The maximum absolute atomic E-state index is 11.5. The Kier molecular flexibility index (Phi) is 3.83. The lowest BCUT2D eigenvalue weighted by molar-refractivity contribution is 0.462. The van der Waals surface area contributed by atoms with Gasteiger partial charge in [0.05, 0.1) is 16.8 Å². The van der Waals surface area contributed by atoms with E-state index in [2.05, 4.69) is 8.75 Å². The standard InChI is InChI=1S/C9H3Cl3N2O2S/c10-4-2-1-3-5(6(4)11)16-9-7(15)8(12)13-17-14-9/h1-3H. The predicted octanol–water partition coefficient (Wildman–Crippen LogP) is 3.65. The van der Waals surface area contributed by atoms with E-state index in [0.717, 1.165) is 11.7 Å². The number of nitrogens with zero attached hydrogens (tertiary/aromatic N) is 2. The fourth-order valence-electron chi connectivity index (χ4n) is 0.996. The monoisotopic (exact) mass is 308 g/mol. The second-order valence-corrected chi connectivity index (χ2v) is 4.51. The molecule has 0 amide bonds. The summed E-state index contributed by atoms with van der Waals surface area (Å²) in [6.45, 7) is 0. The average molecular weight is 310 g/mol. The van der Waals surface area contributed by atoms with E-state index in [1.54, 1.807) is 18.2 Å². The summed E-state index contributed by atoms with van der Waals surface area (Å²) in [4.78, 5) is 11.5. The van der Waals surface area contributed by atoms with Crippen LogP contribution in [0, 0.1) is 0 Å². The zero-order valence-electron chi connectivity index (χ0n) is 7.99. The number of ether oxygens (including phenoxy) is 1. The number of benzene rings is 1. The summed E-state index contributed by atoms with van der Waals surface area (Å²) in [7, 11) is 0. The van der Waals surface area contributed by atoms with Crippen molar-refractivity contribution in [1.82, 2.24) is 8.75 Å². The van der Waals surface area contributed by atoms with E-state index < -0.39 is 5.43 Å². The van der Waals surface area contributed by atoms with Crippen molar-refractivity contribution in [3.63, 3.8) is 0 Å². The lowest BCUT2D eigenvalue weighted by Gasteiger charge is -2.05. The van der Waals surface area contributed by atoms with Gasteiger partial charge in [-0.15, -0.1) is 4.37 Å². The van der Waals surface area contributed by atoms with Gasteiger partial charge < -0.3 is 4.74 Å². The van der Waals surface area contributed by atoms with Gasteiger partial charge in [-0.05, 0) is 12.1 Å². The minimum atomic E-state index is -0.596. The highest BCUT2D eigenvalue weighted by Gasteiger charge is 2.12. The molecule has 0 saturated carbocycles. The maximum atomic E-state index is 11.5. The van der Waals surface area contributed by atoms with Crippen molar-refractivity contribution in [2.75, 3.05) is 0 Å². The van der Waals surface area contributed by atoms with Crippen molar-refractivity contribution in [1.29, 1.82) is 0 Å². The zero-order chi connectivity index (χ0) is 12.4. The normalized spacial score (nSPS) is 10.3. The molecule has 4 nitrogen and oxygen atoms in total.